The minimum atomic E-state index is -0.550. The van der Waals surface area contributed by atoms with E-state index < -0.39 is 16.6 Å². The third-order valence-electron chi connectivity index (χ3n) is 5.41. The number of fused-ring (bicyclic) bond motifs is 1. The van der Waals surface area contributed by atoms with Crippen LogP contribution in [0.3, 0.4) is 0 Å². The molecule has 0 saturated heterocycles. The molecule has 39 heavy (non-hydrogen) atoms. The second-order valence-corrected chi connectivity index (χ2v) is 9.99. The Balaban J connectivity index is 1.30. The number of nitrogens with one attached hydrogen (secondary N) is 2. The number of hydrogen-bond donors (Lipinski definition) is 2. The summed E-state index contributed by atoms with van der Waals surface area (Å²) in [7, 11) is 0. The van der Waals surface area contributed by atoms with Crippen molar-refractivity contribution in [2.45, 2.75) is 11.7 Å². The summed E-state index contributed by atoms with van der Waals surface area (Å²) in [5.74, 6) is -0.844. The highest BCUT2D eigenvalue weighted by molar-refractivity contribution is 7.99. The molecular formula is C25H18FN7O4S2. The second kappa shape index (κ2) is 11.4. The molecule has 5 aromatic rings. The van der Waals surface area contributed by atoms with Crippen LogP contribution >= 0.6 is 23.1 Å². The van der Waals surface area contributed by atoms with Gasteiger partial charge < -0.3 is 10.6 Å². The fourth-order valence-electron chi connectivity index (χ4n) is 3.56. The lowest BCUT2D eigenvalue weighted by atomic mass is 10.2. The highest BCUT2D eigenvalue weighted by Crippen LogP contribution is 2.27. The number of non-ortho nitro benzene ring substituents is 1. The minimum absolute atomic E-state index is 0.00437. The van der Waals surface area contributed by atoms with Crippen LogP contribution in [-0.2, 0) is 11.3 Å². The molecule has 0 saturated carbocycles. The van der Waals surface area contributed by atoms with Crippen LogP contribution in [0, 0.1) is 15.9 Å². The molecule has 2 N–H and O–H groups in total. The van der Waals surface area contributed by atoms with Gasteiger partial charge in [0.1, 0.15) is 5.82 Å². The van der Waals surface area contributed by atoms with Gasteiger partial charge in [0.15, 0.2) is 16.1 Å². The molecule has 0 unspecified atom stereocenters. The van der Waals surface area contributed by atoms with Crippen LogP contribution < -0.4 is 10.6 Å². The van der Waals surface area contributed by atoms with Crippen LogP contribution in [0.1, 0.15) is 16.2 Å². The Hall–Kier alpha value is -4.69. The van der Waals surface area contributed by atoms with E-state index in [1.54, 1.807) is 4.57 Å². The zero-order valence-corrected chi connectivity index (χ0v) is 21.5. The van der Waals surface area contributed by atoms with Crippen LogP contribution in [0.25, 0.3) is 15.9 Å². The van der Waals surface area contributed by atoms with Crippen molar-refractivity contribution in [3.63, 3.8) is 0 Å². The van der Waals surface area contributed by atoms with Crippen LogP contribution in [0.4, 0.5) is 15.2 Å². The Morgan fingerprint density at radius 3 is 2.49 bits per heavy atom. The van der Waals surface area contributed by atoms with Gasteiger partial charge in [-0.3, -0.25) is 24.3 Å². The molecule has 14 heteroatoms. The van der Waals surface area contributed by atoms with E-state index >= 15 is 0 Å². The first-order chi connectivity index (χ1) is 18.9. The van der Waals surface area contributed by atoms with E-state index in [1.165, 1.54) is 59.9 Å². The Morgan fingerprint density at radius 1 is 1.03 bits per heavy atom. The number of carbonyl (C=O) groups excluding carboxylic acids is 2. The molecule has 3 aromatic carbocycles. The standard InChI is InChI=1S/C25H18FN7O4S2/c26-16-7-11-17(12-8-16)32-21(13-27-23(35)15-5-9-18(10-6-15)33(36)37)30-31-25(32)38-14-22(34)29-24-28-19-3-1-2-4-20(19)39-24/h1-12H,13-14H2,(H,27,35)(H,28,29,34). The highest BCUT2D eigenvalue weighted by Gasteiger charge is 2.18. The van der Waals surface area contributed by atoms with E-state index in [0.717, 1.165) is 22.0 Å². The molecule has 0 aliphatic carbocycles. The summed E-state index contributed by atoms with van der Waals surface area (Å²) >= 11 is 2.49. The first-order valence-electron chi connectivity index (χ1n) is 11.4. The molecule has 0 atom stereocenters. The second-order valence-electron chi connectivity index (χ2n) is 8.02. The Kier molecular flexibility index (Phi) is 7.56. The molecular weight excluding hydrogens is 545 g/mol. The quantitative estimate of drug-likeness (QED) is 0.151. The lowest BCUT2D eigenvalue weighted by molar-refractivity contribution is -0.384. The normalized spacial score (nSPS) is 10.9. The zero-order chi connectivity index (χ0) is 27.4. The van der Waals surface area contributed by atoms with Gasteiger partial charge >= 0.3 is 0 Å². The summed E-state index contributed by atoms with van der Waals surface area (Å²) in [4.78, 5) is 39.9. The molecule has 0 fully saturated rings. The minimum Gasteiger partial charge on any atom is -0.345 e. The van der Waals surface area contributed by atoms with Crippen molar-refractivity contribution in [2.75, 3.05) is 11.1 Å². The molecule has 0 aliphatic heterocycles. The maximum Gasteiger partial charge on any atom is 0.269 e. The van der Waals surface area contributed by atoms with E-state index in [4.69, 9.17) is 0 Å². The molecule has 5 rings (SSSR count). The predicted molar refractivity (Wildman–Crippen MR) is 145 cm³/mol. The number of rotatable bonds is 9. The fourth-order valence-corrected chi connectivity index (χ4v) is 5.22. The molecule has 2 heterocycles. The number of anilines is 1. The van der Waals surface area contributed by atoms with Gasteiger partial charge in [0.05, 0.1) is 27.4 Å². The van der Waals surface area contributed by atoms with Crippen molar-refractivity contribution < 1.29 is 18.9 Å². The van der Waals surface area contributed by atoms with E-state index in [1.807, 2.05) is 24.3 Å². The van der Waals surface area contributed by atoms with Crippen molar-refractivity contribution in [3.8, 4) is 5.69 Å². The lowest BCUT2D eigenvalue weighted by Crippen LogP contribution is -2.24. The van der Waals surface area contributed by atoms with E-state index in [2.05, 4.69) is 25.8 Å². The Morgan fingerprint density at radius 2 is 1.77 bits per heavy atom. The van der Waals surface area contributed by atoms with Gasteiger partial charge in [-0.2, -0.15) is 0 Å². The number of amides is 2. The monoisotopic (exact) mass is 563 g/mol. The average molecular weight is 564 g/mol. The fraction of sp³-hybridized carbons (Fsp3) is 0.0800. The summed E-state index contributed by atoms with van der Waals surface area (Å²) in [6, 6.07) is 18.4. The van der Waals surface area contributed by atoms with Gasteiger partial charge in [-0.05, 0) is 48.5 Å². The predicted octanol–water partition coefficient (Wildman–Crippen LogP) is 4.59. The lowest BCUT2D eigenvalue weighted by Gasteiger charge is -2.11. The number of halogens is 1. The molecule has 2 amide bonds. The number of para-hydroxylation sites is 1. The summed E-state index contributed by atoms with van der Waals surface area (Å²) in [6.45, 7) is -0.0430. The van der Waals surface area contributed by atoms with Crippen molar-refractivity contribution >= 4 is 55.9 Å². The molecule has 196 valence electrons. The van der Waals surface area contributed by atoms with Gasteiger partial charge in [0.2, 0.25) is 5.91 Å². The van der Waals surface area contributed by atoms with Crippen molar-refractivity contribution in [3.05, 3.63) is 100 Å². The highest BCUT2D eigenvalue weighted by atomic mass is 32.2. The number of thiazole rings is 1. The molecule has 0 bridgehead atoms. The maximum atomic E-state index is 13.6. The number of thioether (sulfide) groups is 1. The topological polar surface area (TPSA) is 145 Å². The largest absolute Gasteiger partial charge is 0.345 e. The van der Waals surface area contributed by atoms with Gasteiger partial charge in [-0.1, -0.05) is 35.2 Å². The van der Waals surface area contributed by atoms with Crippen LogP contribution in [0.15, 0.2) is 78.0 Å². The number of nitro groups is 1. The number of benzene rings is 3. The molecule has 0 radical (unpaired) electrons. The Labute approximate surface area is 228 Å². The number of carbonyl (C=O) groups is 2. The third-order valence-corrected chi connectivity index (χ3v) is 7.29. The number of nitrogens with zero attached hydrogens (tertiary/aromatic N) is 5. The molecule has 11 nitrogen and oxygen atoms in total. The summed E-state index contributed by atoms with van der Waals surface area (Å²) < 4.78 is 16.2. The van der Waals surface area contributed by atoms with Crippen molar-refractivity contribution in [1.29, 1.82) is 0 Å². The van der Waals surface area contributed by atoms with Gasteiger partial charge in [0, 0.05) is 23.4 Å². The molecule has 0 aliphatic rings. The van der Waals surface area contributed by atoms with Gasteiger partial charge in [-0.25, -0.2) is 9.37 Å². The van der Waals surface area contributed by atoms with Crippen LogP contribution in [-0.4, -0.2) is 42.2 Å². The van der Waals surface area contributed by atoms with Crippen LogP contribution in [0.5, 0.6) is 0 Å². The Bertz CT molecular complexity index is 1640. The number of hydrogen-bond acceptors (Lipinski definition) is 9. The van der Waals surface area contributed by atoms with Crippen molar-refractivity contribution in [1.82, 2.24) is 25.1 Å². The van der Waals surface area contributed by atoms with Crippen LogP contribution in [0.2, 0.25) is 0 Å². The van der Waals surface area contributed by atoms with Crippen molar-refractivity contribution in [2.24, 2.45) is 0 Å². The molecule has 2 aromatic heterocycles. The maximum absolute atomic E-state index is 13.6. The van der Waals surface area contributed by atoms with E-state index in [0.29, 0.717) is 21.8 Å². The van der Waals surface area contributed by atoms with E-state index in [9.17, 15) is 24.1 Å². The SMILES string of the molecule is O=C(CSc1nnc(CNC(=O)c2ccc([N+](=O)[O-])cc2)n1-c1ccc(F)cc1)Nc1nc2ccccc2s1. The number of nitro benzene ring substituents is 1. The summed E-state index contributed by atoms with van der Waals surface area (Å²) in [6.07, 6.45) is 0. The van der Waals surface area contributed by atoms with Gasteiger partial charge in [0.25, 0.3) is 11.6 Å². The van der Waals surface area contributed by atoms with E-state index in [-0.39, 0.29) is 29.5 Å². The zero-order valence-electron chi connectivity index (χ0n) is 19.9. The average Bonchev–Trinajstić information content (AvgIpc) is 3.54. The number of aromatic nitrogens is 4. The summed E-state index contributed by atoms with van der Waals surface area (Å²) in [5, 5.41) is 25.5. The molecule has 0 spiro atoms. The summed E-state index contributed by atoms with van der Waals surface area (Å²) in [5.41, 5.74) is 1.43. The first kappa shape index (κ1) is 25.9. The third kappa shape index (κ3) is 6.08. The smallest absolute Gasteiger partial charge is 0.269 e. The first-order valence-corrected chi connectivity index (χ1v) is 13.2. The van der Waals surface area contributed by atoms with Gasteiger partial charge in [-0.15, -0.1) is 10.2 Å².